The van der Waals surface area contributed by atoms with Crippen LogP contribution in [-0.2, 0) is 16.0 Å². The molecule has 1 aromatic rings. The van der Waals surface area contributed by atoms with Gasteiger partial charge in [0.05, 0.1) is 24.3 Å². The summed E-state index contributed by atoms with van der Waals surface area (Å²) in [6.45, 7) is 3.23. The molecule has 0 aliphatic carbocycles. The molecule has 1 aromatic heterocycles. The first-order valence-electron chi connectivity index (χ1n) is 11.7. The first-order chi connectivity index (χ1) is 15.4. The molecule has 0 aliphatic rings. The number of rotatable bonds is 17. The van der Waals surface area contributed by atoms with E-state index in [1.54, 1.807) is 0 Å². The van der Waals surface area contributed by atoms with E-state index in [9.17, 15) is 14.4 Å². The monoisotopic (exact) mass is 451 g/mol. The van der Waals surface area contributed by atoms with Gasteiger partial charge in [0, 0.05) is 19.2 Å². The van der Waals surface area contributed by atoms with Gasteiger partial charge in [-0.05, 0) is 25.8 Å². The van der Waals surface area contributed by atoms with Crippen molar-refractivity contribution in [3.63, 3.8) is 0 Å². The molecule has 0 saturated carbocycles. The third-order valence-electron chi connectivity index (χ3n) is 5.22. The molecule has 2 atom stereocenters. The van der Waals surface area contributed by atoms with E-state index in [2.05, 4.69) is 22.5 Å². The predicted octanol–water partition coefficient (Wildman–Crippen LogP) is 0.442. The summed E-state index contributed by atoms with van der Waals surface area (Å²) in [5, 5.41) is 5.34. The summed E-state index contributed by atoms with van der Waals surface area (Å²) in [6.07, 6.45) is 12.1. The zero-order chi connectivity index (χ0) is 23.8. The van der Waals surface area contributed by atoms with Crippen LogP contribution in [0.4, 0.5) is 0 Å². The number of hydrogen-bond acceptors (Lipinski definition) is 7. The Morgan fingerprint density at radius 1 is 1.00 bits per heavy atom. The maximum Gasteiger partial charge on any atom is 0.248 e. The van der Waals surface area contributed by atoms with Crippen LogP contribution in [0.15, 0.2) is 12.5 Å². The van der Waals surface area contributed by atoms with Crippen LogP contribution in [0.3, 0.4) is 0 Å². The molecule has 0 spiro atoms. The number of nitrogens with zero attached hydrogens (tertiary/aromatic N) is 2. The van der Waals surface area contributed by atoms with Gasteiger partial charge in [-0.1, -0.05) is 45.4 Å². The van der Waals surface area contributed by atoms with Crippen molar-refractivity contribution < 1.29 is 14.4 Å². The van der Waals surface area contributed by atoms with Crippen LogP contribution in [-0.4, -0.2) is 59.0 Å². The Kier molecular flexibility index (Phi) is 14.2. The van der Waals surface area contributed by atoms with Gasteiger partial charge in [0.25, 0.3) is 0 Å². The summed E-state index contributed by atoms with van der Waals surface area (Å²) >= 11 is 0. The molecule has 0 aromatic carbocycles. The average molecular weight is 452 g/mol. The van der Waals surface area contributed by atoms with Crippen molar-refractivity contribution in [2.75, 3.05) is 19.6 Å². The van der Waals surface area contributed by atoms with Gasteiger partial charge in [-0.15, -0.1) is 0 Å². The van der Waals surface area contributed by atoms with Gasteiger partial charge >= 0.3 is 0 Å². The van der Waals surface area contributed by atoms with Crippen molar-refractivity contribution >= 4 is 17.7 Å². The van der Waals surface area contributed by atoms with Crippen LogP contribution in [0.1, 0.15) is 75.2 Å². The van der Waals surface area contributed by atoms with E-state index in [1.165, 1.54) is 42.8 Å². The average Bonchev–Trinajstić information content (AvgIpc) is 3.24. The fourth-order valence-corrected chi connectivity index (χ4v) is 3.23. The van der Waals surface area contributed by atoms with E-state index >= 15 is 0 Å². The number of carbonyl (C=O) groups excluding carboxylic acids is 3. The van der Waals surface area contributed by atoms with Crippen molar-refractivity contribution in [2.24, 2.45) is 17.2 Å². The van der Waals surface area contributed by atoms with Crippen LogP contribution in [0.5, 0.6) is 0 Å². The van der Waals surface area contributed by atoms with Gasteiger partial charge in [0.1, 0.15) is 6.33 Å². The number of hydrogen-bond donors (Lipinski definition) is 5. The minimum atomic E-state index is -0.877. The standard InChI is InChI=1S/C22H41N7O3/c1-2-3-4-5-6-9-12-26-20(30)14-27-21(31)19(25)13-17-15-29(16-28-17)22(32)18(24)10-7-8-11-23/h15-16,18-19H,2-14,23-25H2,1H3,(H,26,30)(H,27,31)/t18-,19-/m0/s1. The second-order valence-electron chi connectivity index (χ2n) is 8.15. The number of carbonyl (C=O) groups is 3. The van der Waals surface area contributed by atoms with Crippen LogP contribution < -0.4 is 27.8 Å². The van der Waals surface area contributed by atoms with E-state index in [0.717, 1.165) is 25.7 Å². The van der Waals surface area contributed by atoms with Gasteiger partial charge in [-0.2, -0.15) is 0 Å². The molecule has 0 aliphatic heterocycles. The van der Waals surface area contributed by atoms with E-state index in [4.69, 9.17) is 17.2 Å². The van der Waals surface area contributed by atoms with Gasteiger partial charge < -0.3 is 27.8 Å². The largest absolute Gasteiger partial charge is 0.355 e. The smallest absolute Gasteiger partial charge is 0.248 e. The van der Waals surface area contributed by atoms with Gasteiger partial charge in [-0.25, -0.2) is 4.98 Å². The lowest BCUT2D eigenvalue weighted by atomic mass is 10.1. The summed E-state index contributed by atoms with van der Waals surface area (Å²) in [4.78, 5) is 40.5. The third kappa shape index (κ3) is 11.4. The number of imidazole rings is 1. The fraction of sp³-hybridized carbons (Fsp3) is 0.727. The predicted molar refractivity (Wildman–Crippen MR) is 125 cm³/mol. The van der Waals surface area contributed by atoms with Gasteiger partial charge in [0.15, 0.2) is 0 Å². The number of nitrogens with one attached hydrogen (secondary N) is 2. The number of nitrogens with two attached hydrogens (primary N) is 3. The highest BCUT2D eigenvalue weighted by atomic mass is 16.2. The molecule has 0 saturated heterocycles. The molecule has 0 bridgehead atoms. The third-order valence-corrected chi connectivity index (χ3v) is 5.22. The molecule has 0 unspecified atom stereocenters. The Hall–Kier alpha value is -2.30. The second-order valence-corrected chi connectivity index (χ2v) is 8.15. The van der Waals surface area contributed by atoms with Gasteiger partial charge in [-0.3, -0.25) is 19.0 Å². The molecule has 0 fully saturated rings. The summed E-state index contributed by atoms with van der Waals surface area (Å²) in [7, 11) is 0. The Morgan fingerprint density at radius 2 is 1.72 bits per heavy atom. The van der Waals surface area contributed by atoms with E-state index < -0.39 is 18.0 Å². The zero-order valence-electron chi connectivity index (χ0n) is 19.4. The minimum absolute atomic E-state index is 0.118. The van der Waals surface area contributed by atoms with E-state index in [0.29, 0.717) is 25.2 Å². The number of unbranched alkanes of at least 4 members (excludes halogenated alkanes) is 6. The quantitative estimate of drug-likeness (QED) is 0.214. The first-order valence-corrected chi connectivity index (χ1v) is 11.7. The van der Waals surface area contributed by atoms with E-state index in [-0.39, 0.29) is 24.8 Å². The highest BCUT2D eigenvalue weighted by molar-refractivity contribution is 5.87. The molecule has 10 nitrogen and oxygen atoms in total. The first kappa shape index (κ1) is 27.7. The molecule has 32 heavy (non-hydrogen) atoms. The van der Waals surface area contributed by atoms with Crippen molar-refractivity contribution in [1.82, 2.24) is 20.2 Å². The van der Waals surface area contributed by atoms with Crippen LogP contribution in [0.25, 0.3) is 0 Å². The summed E-state index contributed by atoms with van der Waals surface area (Å²) < 4.78 is 1.32. The van der Waals surface area contributed by atoms with Crippen molar-refractivity contribution in [3.05, 3.63) is 18.2 Å². The fourth-order valence-electron chi connectivity index (χ4n) is 3.23. The Bertz CT molecular complexity index is 693. The van der Waals surface area contributed by atoms with Crippen molar-refractivity contribution in [3.8, 4) is 0 Å². The lowest BCUT2D eigenvalue weighted by Crippen LogP contribution is -2.46. The maximum absolute atomic E-state index is 12.3. The maximum atomic E-state index is 12.3. The topological polar surface area (TPSA) is 171 Å². The Labute approximate surface area is 191 Å². The molecule has 10 heteroatoms. The zero-order valence-corrected chi connectivity index (χ0v) is 19.4. The molecule has 1 heterocycles. The molecule has 0 radical (unpaired) electrons. The number of amides is 2. The lowest BCUT2D eigenvalue weighted by molar-refractivity contribution is -0.126. The second kappa shape index (κ2) is 16.3. The molecule has 1 rings (SSSR count). The van der Waals surface area contributed by atoms with Crippen LogP contribution >= 0.6 is 0 Å². The van der Waals surface area contributed by atoms with Gasteiger partial charge in [0.2, 0.25) is 17.7 Å². The SMILES string of the molecule is CCCCCCCCNC(=O)CNC(=O)[C@@H](N)Cc1cn(C(=O)[C@@H](N)CCCCN)cn1. The highest BCUT2D eigenvalue weighted by Crippen LogP contribution is 2.05. The molecular formula is C22H41N7O3. The molecule has 2 amide bonds. The van der Waals surface area contributed by atoms with E-state index in [1.807, 2.05) is 0 Å². The van der Waals surface area contributed by atoms with Crippen molar-refractivity contribution in [1.29, 1.82) is 0 Å². The molecule has 182 valence electrons. The highest BCUT2D eigenvalue weighted by Gasteiger charge is 2.19. The summed E-state index contributed by atoms with van der Waals surface area (Å²) in [5.74, 6) is -0.947. The lowest BCUT2D eigenvalue weighted by Gasteiger charge is -2.11. The Morgan fingerprint density at radius 3 is 2.44 bits per heavy atom. The molecular weight excluding hydrogens is 410 g/mol. The van der Waals surface area contributed by atoms with Crippen LogP contribution in [0.2, 0.25) is 0 Å². The van der Waals surface area contributed by atoms with Crippen molar-refractivity contribution in [2.45, 2.75) is 83.2 Å². The van der Waals surface area contributed by atoms with Crippen LogP contribution in [0, 0.1) is 0 Å². The summed E-state index contributed by atoms with van der Waals surface area (Å²) in [6, 6.07) is -1.51. The minimum Gasteiger partial charge on any atom is -0.355 e. The Balaban J connectivity index is 2.29. The number of aromatic nitrogens is 2. The normalized spacial score (nSPS) is 12.9. The summed E-state index contributed by atoms with van der Waals surface area (Å²) in [5.41, 5.74) is 17.8. The molecule has 8 N–H and O–H groups in total.